The van der Waals surface area contributed by atoms with Crippen molar-refractivity contribution in [3.05, 3.63) is 41.0 Å². The minimum absolute atomic E-state index is 0.107. The van der Waals surface area contributed by atoms with E-state index in [-0.39, 0.29) is 12.0 Å². The van der Waals surface area contributed by atoms with Gasteiger partial charge in [0.1, 0.15) is 0 Å². The monoisotopic (exact) mass is 334 g/mol. The van der Waals surface area contributed by atoms with E-state index in [4.69, 9.17) is 16.1 Å². The molecule has 0 atom stereocenters. The topological polar surface area (TPSA) is 66.6 Å². The predicted octanol–water partition coefficient (Wildman–Crippen LogP) is 2.91. The maximum atomic E-state index is 12.3. The molecule has 0 aliphatic carbocycles. The number of hydrogen-bond acceptors (Lipinski definition) is 4. The van der Waals surface area contributed by atoms with Crippen LogP contribution in [-0.4, -0.2) is 40.3 Å². The van der Waals surface area contributed by atoms with Gasteiger partial charge in [0.25, 0.3) is 0 Å². The van der Waals surface area contributed by atoms with Gasteiger partial charge in [-0.15, -0.1) is 0 Å². The van der Waals surface area contributed by atoms with Crippen LogP contribution < -0.4 is 0 Å². The molecule has 0 saturated carbocycles. The van der Waals surface area contributed by atoms with E-state index in [1.807, 2.05) is 23.1 Å². The van der Waals surface area contributed by atoms with E-state index in [1.165, 1.54) is 0 Å². The summed E-state index contributed by atoms with van der Waals surface area (Å²) in [6.07, 6.45) is 3.68. The zero-order valence-corrected chi connectivity index (χ0v) is 13.5. The van der Waals surface area contributed by atoms with E-state index in [9.17, 15) is 9.90 Å². The van der Waals surface area contributed by atoms with Gasteiger partial charge in [0.2, 0.25) is 5.91 Å². The molecule has 2 heterocycles. The largest absolute Gasteiger partial charge is 0.393 e. The van der Waals surface area contributed by atoms with Gasteiger partial charge < -0.3 is 14.5 Å². The van der Waals surface area contributed by atoms with Crippen LogP contribution in [-0.2, 0) is 11.2 Å². The van der Waals surface area contributed by atoms with E-state index in [0.717, 1.165) is 11.1 Å². The maximum Gasteiger partial charge on any atom is 0.222 e. The van der Waals surface area contributed by atoms with E-state index < -0.39 is 0 Å². The summed E-state index contributed by atoms with van der Waals surface area (Å²) in [6.45, 7) is 1.26. The van der Waals surface area contributed by atoms with Crippen LogP contribution in [0.1, 0.15) is 24.8 Å². The summed E-state index contributed by atoms with van der Waals surface area (Å²) < 4.78 is 5.33. The molecule has 122 valence electrons. The average molecular weight is 335 g/mol. The molecule has 23 heavy (non-hydrogen) atoms. The predicted molar refractivity (Wildman–Crippen MR) is 87.1 cm³/mol. The number of nitrogens with zero attached hydrogens (tertiary/aromatic N) is 2. The van der Waals surface area contributed by atoms with E-state index in [0.29, 0.717) is 49.6 Å². The Morgan fingerprint density at radius 3 is 2.91 bits per heavy atom. The fourth-order valence-corrected chi connectivity index (χ4v) is 3.01. The first-order valence-electron chi connectivity index (χ1n) is 7.79. The SMILES string of the molecule is O=C(CCc1cnoc1-c1cccc(Cl)c1)N1CCC(O)CC1. The molecule has 1 aromatic heterocycles. The first-order valence-corrected chi connectivity index (χ1v) is 8.16. The van der Waals surface area contributed by atoms with Crippen molar-refractivity contribution >= 4 is 17.5 Å². The number of halogens is 1. The third kappa shape index (κ3) is 3.92. The fraction of sp³-hybridized carbons (Fsp3) is 0.412. The zero-order chi connectivity index (χ0) is 16.2. The summed E-state index contributed by atoms with van der Waals surface area (Å²) >= 11 is 6.01. The number of carbonyl (C=O) groups is 1. The lowest BCUT2D eigenvalue weighted by Crippen LogP contribution is -2.40. The second-order valence-corrected chi connectivity index (χ2v) is 6.24. The van der Waals surface area contributed by atoms with Gasteiger partial charge in [0.05, 0.1) is 12.3 Å². The molecule has 0 radical (unpaired) electrons. The summed E-state index contributed by atoms with van der Waals surface area (Å²) in [5.41, 5.74) is 1.76. The third-order valence-electron chi connectivity index (χ3n) is 4.16. The zero-order valence-electron chi connectivity index (χ0n) is 12.7. The molecule has 5 nitrogen and oxygen atoms in total. The van der Waals surface area contributed by atoms with Crippen molar-refractivity contribution in [3.63, 3.8) is 0 Å². The van der Waals surface area contributed by atoms with Gasteiger partial charge >= 0.3 is 0 Å². The number of aliphatic hydroxyl groups excluding tert-OH is 1. The van der Waals surface area contributed by atoms with Crippen molar-refractivity contribution in [2.45, 2.75) is 31.8 Å². The van der Waals surface area contributed by atoms with Crippen LogP contribution in [0, 0.1) is 0 Å². The molecular formula is C17H19ClN2O3. The Kier molecular flexibility index (Phi) is 4.98. The van der Waals surface area contributed by atoms with Gasteiger partial charge in [0, 0.05) is 35.7 Å². The van der Waals surface area contributed by atoms with E-state index >= 15 is 0 Å². The standard InChI is InChI=1S/C17H19ClN2O3/c18-14-3-1-2-12(10-14)17-13(11-19-23-17)4-5-16(22)20-8-6-15(21)7-9-20/h1-3,10-11,15,21H,4-9H2. The Hall–Kier alpha value is -1.85. The number of aliphatic hydroxyl groups is 1. The number of rotatable bonds is 4. The van der Waals surface area contributed by atoms with Crippen LogP contribution in [0.5, 0.6) is 0 Å². The van der Waals surface area contributed by atoms with Crippen molar-refractivity contribution in [2.75, 3.05) is 13.1 Å². The van der Waals surface area contributed by atoms with Crippen LogP contribution in [0.4, 0.5) is 0 Å². The van der Waals surface area contributed by atoms with Gasteiger partial charge in [-0.25, -0.2) is 0 Å². The van der Waals surface area contributed by atoms with E-state index in [1.54, 1.807) is 12.3 Å². The Bertz CT molecular complexity index is 678. The molecule has 1 aliphatic heterocycles. The Labute approximate surface area is 139 Å². The normalized spacial score (nSPS) is 15.8. The quantitative estimate of drug-likeness (QED) is 0.933. The Balaban J connectivity index is 1.63. The maximum absolute atomic E-state index is 12.3. The second kappa shape index (κ2) is 7.15. The number of benzene rings is 1. The molecule has 6 heteroatoms. The number of piperidine rings is 1. The number of likely N-dealkylation sites (tertiary alicyclic amines) is 1. The van der Waals surface area contributed by atoms with Gasteiger partial charge in [-0.2, -0.15) is 0 Å². The lowest BCUT2D eigenvalue weighted by Gasteiger charge is -2.29. The van der Waals surface area contributed by atoms with Crippen LogP contribution >= 0.6 is 11.6 Å². The highest BCUT2D eigenvalue weighted by Crippen LogP contribution is 2.27. The minimum Gasteiger partial charge on any atom is -0.393 e. The number of amides is 1. The lowest BCUT2D eigenvalue weighted by atomic mass is 10.0. The molecule has 0 spiro atoms. The molecule has 1 fully saturated rings. The van der Waals surface area contributed by atoms with Crippen LogP contribution in [0.3, 0.4) is 0 Å². The van der Waals surface area contributed by atoms with Crippen molar-refractivity contribution in [1.29, 1.82) is 0 Å². The van der Waals surface area contributed by atoms with Gasteiger partial charge in [-0.05, 0) is 31.4 Å². The highest BCUT2D eigenvalue weighted by atomic mass is 35.5. The summed E-state index contributed by atoms with van der Waals surface area (Å²) in [5.74, 6) is 0.768. The lowest BCUT2D eigenvalue weighted by molar-refractivity contribution is -0.133. The summed E-state index contributed by atoms with van der Waals surface area (Å²) in [7, 11) is 0. The minimum atomic E-state index is -0.272. The molecule has 1 aromatic carbocycles. The summed E-state index contributed by atoms with van der Waals surface area (Å²) in [6, 6.07) is 7.38. The third-order valence-corrected chi connectivity index (χ3v) is 4.39. The van der Waals surface area contributed by atoms with Gasteiger partial charge in [-0.3, -0.25) is 4.79 Å². The number of aromatic nitrogens is 1. The highest BCUT2D eigenvalue weighted by Gasteiger charge is 2.21. The summed E-state index contributed by atoms with van der Waals surface area (Å²) in [5, 5.41) is 14.0. The molecule has 3 rings (SSSR count). The van der Waals surface area contributed by atoms with Crippen LogP contribution in [0.2, 0.25) is 5.02 Å². The average Bonchev–Trinajstić information content (AvgIpc) is 3.02. The second-order valence-electron chi connectivity index (χ2n) is 5.80. The van der Waals surface area contributed by atoms with Crippen molar-refractivity contribution in [1.82, 2.24) is 10.1 Å². The molecule has 0 bridgehead atoms. The molecule has 0 unspecified atom stereocenters. The molecule has 1 aliphatic rings. The Morgan fingerprint density at radius 1 is 1.39 bits per heavy atom. The van der Waals surface area contributed by atoms with Crippen molar-refractivity contribution in [2.24, 2.45) is 0 Å². The fourth-order valence-electron chi connectivity index (χ4n) is 2.82. The van der Waals surface area contributed by atoms with Crippen LogP contribution in [0.15, 0.2) is 35.0 Å². The van der Waals surface area contributed by atoms with Gasteiger partial charge in [-0.1, -0.05) is 28.9 Å². The number of carbonyl (C=O) groups excluding carboxylic acids is 1. The summed E-state index contributed by atoms with van der Waals surface area (Å²) in [4.78, 5) is 14.1. The van der Waals surface area contributed by atoms with Gasteiger partial charge in [0.15, 0.2) is 5.76 Å². The van der Waals surface area contributed by atoms with Crippen molar-refractivity contribution in [3.8, 4) is 11.3 Å². The number of hydrogen-bond donors (Lipinski definition) is 1. The number of aryl methyl sites for hydroxylation is 1. The molecule has 1 saturated heterocycles. The van der Waals surface area contributed by atoms with Crippen LogP contribution in [0.25, 0.3) is 11.3 Å². The molecule has 2 aromatic rings. The first kappa shape index (κ1) is 16.0. The first-order chi connectivity index (χ1) is 11.1. The van der Waals surface area contributed by atoms with E-state index in [2.05, 4.69) is 5.16 Å². The molecule has 1 amide bonds. The highest BCUT2D eigenvalue weighted by molar-refractivity contribution is 6.30. The van der Waals surface area contributed by atoms with Crippen molar-refractivity contribution < 1.29 is 14.4 Å². The Morgan fingerprint density at radius 2 is 2.17 bits per heavy atom. The smallest absolute Gasteiger partial charge is 0.222 e. The molecular weight excluding hydrogens is 316 g/mol. The molecule has 1 N–H and O–H groups in total.